The van der Waals surface area contributed by atoms with Crippen LogP contribution in [0.1, 0.15) is 17.0 Å². The predicted octanol–water partition coefficient (Wildman–Crippen LogP) is 0.748. The van der Waals surface area contributed by atoms with Gasteiger partial charge in [0.05, 0.1) is 6.26 Å². The molecule has 0 radical (unpaired) electrons. The minimum Gasteiger partial charge on any atom is -0.258 e. The fourth-order valence-corrected chi connectivity index (χ4v) is 1.53. The van der Waals surface area contributed by atoms with Crippen molar-refractivity contribution in [3.8, 4) is 0 Å². The lowest BCUT2D eigenvalue weighted by molar-refractivity contribution is 0.587. The zero-order valence-electron chi connectivity index (χ0n) is 8.53. The van der Waals surface area contributed by atoms with Gasteiger partial charge in [0.2, 0.25) is 10.0 Å². The van der Waals surface area contributed by atoms with Gasteiger partial charge in [-0.25, -0.2) is 13.1 Å². The summed E-state index contributed by atoms with van der Waals surface area (Å²) in [4.78, 5) is 4.24. The quantitative estimate of drug-likeness (QED) is 0.807. The third kappa shape index (κ3) is 3.43. The maximum atomic E-state index is 10.9. The second-order valence-corrected chi connectivity index (χ2v) is 5.12. The molecule has 0 spiro atoms. The van der Waals surface area contributed by atoms with Crippen molar-refractivity contribution < 1.29 is 8.42 Å². The lowest BCUT2D eigenvalue weighted by Crippen LogP contribution is -2.21. The molecule has 14 heavy (non-hydrogen) atoms. The van der Waals surface area contributed by atoms with Gasteiger partial charge in [0.1, 0.15) is 0 Å². The number of pyridine rings is 1. The Morgan fingerprint density at radius 3 is 2.50 bits per heavy atom. The summed E-state index contributed by atoms with van der Waals surface area (Å²) in [6, 6.07) is 3.75. The molecule has 1 aromatic rings. The van der Waals surface area contributed by atoms with Crippen LogP contribution in [0.2, 0.25) is 0 Å². The zero-order valence-corrected chi connectivity index (χ0v) is 9.35. The van der Waals surface area contributed by atoms with Crippen LogP contribution in [-0.4, -0.2) is 19.7 Å². The van der Waals surface area contributed by atoms with Crippen molar-refractivity contribution in [2.45, 2.75) is 20.4 Å². The first kappa shape index (κ1) is 11.1. The van der Waals surface area contributed by atoms with Gasteiger partial charge in [-0.1, -0.05) is 6.07 Å². The molecule has 0 saturated carbocycles. The van der Waals surface area contributed by atoms with E-state index in [-0.39, 0.29) is 0 Å². The standard InChI is InChI=1S/C9H14N2O2S/c1-7-4-5-9(8(2)11-7)6-10-14(3,12)13/h4-5,10H,6H2,1-3H3. The molecule has 4 nitrogen and oxygen atoms in total. The van der Waals surface area contributed by atoms with Gasteiger partial charge in [-0.05, 0) is 25.5 Å². The van der Waals surface area contributed by atoms with Crippen LogP contribution in [-0.2, 0) is 16.6 Å². The van der Waals surface area contributed by atoms with Crippen molar-refractivity contribution in [2.24, 2.45) is 0 Å². The highest BCUT2D eigenvalue weighted by molar-refractivity contribution is 7.88. The fourth-order valence-electron chi connectivity index (χ4n) is 1.11. The monoisotopic (exact) mass is 214 g/mol. The fraction of sp³-hybridized carbons (Fsp3) is 0.444. The SMILES string of the molecule is Cc1ccc(CNS(C)(=O)=O)c(C)n1. The molecule has 0 unspecified atom stereocenters. The number of nitrogens with one attached hydrogen (secondary N) is 1. The Bertz CT molecular complexity index is 426. The smallest absolute Gasteiger partial charge is 0.209 e. The normalized spacial score (nSPS) is 11.6. The van der Waals surface area contributed by atoms with E-state index in [1.165, 1.54) is 0 Å². The highest BCUT2D eigenvalue weighted by Gasteiger charge is 2.03. The first-order valence-electron chi connectivity index (χ1n) is 4.26. The lowest BCUT2D eigenvalue weighted by Gasteiger charge is -2.06. The summed E-state index contributed by atoms with van der Waals surface area (Å²) in [5, 5.41) is 0. The Morgan fingerprint density at radius 1 is 1.36 bits per heavy atom. The molecule has 1 N–H and O–H groups in total. The molecule has 1 aromatic heterocycles. The maximum Gasteiger partial charge on any atom is 0.209 e. The van der Waals surface area contributed by atoms with Crippen LogP contribution in [0.3, 0.4) is 0 Å². The number of sulfonamides is 1. The number of hydrogen-bond acceptors (Lipinski definition) is 3. The summed E-state index contributed by atoms with van der Waals surface area (Å²) < 4.78 is 24.1. The molecule has 0 aliphatic heterocycles. The second-order valence-electron chi connectivity index (χ2n) is 3.29. The molecule has 0 bridgehead atoms. The molecule has 0 saturated heterocycles. The zero-order chi connectivity index (χ0) is 10.8. The second kappa shape index (κ2) is 4.06. The minimum absolute atomic E-state index is 0.304. The number of rotatable bonds is 3. The van der Waals surface area contributed by atoms with E-state index in [2.05, 4.69) is 9.71 Å². The van der Waals surface area contributed by atoms with Gasteiger partial charge < -0.3 is 0 Å². The first-order valence-corrected chi connectivity index (χ1v) is 6.15. The van der Waals surface area contributed by atoms with Gasteiger partial charge in [-0.3, -0.25) is 4.98 Å². The Kier molecular flexibility index (Phi) is 3.23. The topological polar surface area (TPSA) is 59.1 Å². The molecule has 0 aliphatic carbocycles. The molecule has 0 amide bonds. The van der Waals surface area contributed by atoms with Crippen LogP contribution in [0.25, 0.3) is 0 Å². The Hall–Kier alpha value is -0.940. The van der Waals surface area contributed by atoms with Crippen LogP contribution < -0.4 is 4.72 Å². The van der Waals surface area contributed by atoms with E-state index in [1.807, 2.05) is 26.0 Å². The van der Waals surface area contributed by atoms with Crippen molar-refractivity contribution in [1.82, 2.24) is 9.71 Å². The van der Waals surface area contributed by atoms with Gasteiger partial charge >= 0.3 is 0 Å². The van der Waals surface area contributed by atoms with Gasteiger partial charge in [0.15, 0.2) is 0 Å². The highest BCUT2D eigenvalue weighted by Crippen LogP contribution is 2.05. The predicted molar refractivity (Wildman–Crippen MR) is 55.4 cm³/mol. The Morgan fingerprint density at radius 2 is 2.00 bits per heavy atom. The summed E-state index contributed by atoms with van der Waals surface area (Å²) in [5.41, 5.74) is 2.70. The van der Waals surface area contributed by atoms with Gasteiger partial charge in [-0.2, -0.15) is 0 Å². The molecular formula is C9H14N2O2S. The summed E-state index contributed by atoms with van der Waals surface area (Å²) in [7, 11) is -3.13. The lowest BCUT2D eigenvalue weighted by atomic mass is 10.2. The molecule has 1 heterocycles. The summed E-state index contributed by atoms with van der Waals surface area (Å²) in [6.07, 6.45) is 1.14. The van der Waals surface area contributed by atoms with Crippen LogP contribution in [0.4, 0.5) is 0 Å². The molecule has 1 rings (SSSR count). The van der Waals surface area contributed by atoms with Crippen LogP contribution in [0, 0.1) is 13.8 Å². The molecule has 0 aromatic carbocycles. The van der Waals surface area contributed by atoms with E-state index in [4.69, 9.17) is 0 Å². The number of aromatic nitrogens is 1. The molecular weight excluding hydrogens is 200 g/mol. The largest absolute Gasteiger partial charge is 0.258 e. The third-order valence-corrected chi connectivity index (χ3v) is 2.53. The maximum absolute atomic E-state index is 10.9. The van der Waals surface area contributed by atoms with Gasteiger partial charge in [0.25, 0.3) is 0 Å². The van der Waals surface area contributed by atoms with Gasteiger partial charge in [-0.15, -0.1) is 0 Å². The van der Waals surface area contributed by atoms with Crippen molar-refractivity contribution in [3.05, 3.63) is 29.1 Å². The van der Waals surface area contributed by atoms with Crippen molar-refractivity contribution in [2.75, 3.05) is 6.26 Å². The van der Waals surface area contributed by atoms with Crippen molar-refractivity contribution in [3.63, 3.8) is 0 Å². The Balaban J connectivity index is 2.78. The highest BCUT2D eigenvalue weighted by atomic mass is 32.2. The summed E-state index contributed by atoms with van der Waals surface area (Å²) >= 11 is 0. The first-order chi connectivity index (χ1) is 6.38. The van der Waals surface area contributed by atoms with Crippen molar-refractivity contribution in [1.29, 1.82) is 0 Å². The van der Waals surface area contributed by atoms with E-state index in [0.29, 0.717) is 6.54 Å². The molecule has 78 valence electrons. The minimum atomic E-state index is -3.13. The third-order valence-electron chi connectivity index (χ3n) is 1.86. The van der Waals surface area contributed by atoms with E-state index in [1.54, 1.807) is 0 Å². The van der Waals surface area contributed by atoms with E-state index in [9.17, 15) is 8.42 Å². The number of aryl methyl sites for hydroxylation is 2. The molecule has 0 fully saturated rings. The van der Waals surface area contributed by atoms with Crippen LogP contribution in [0.5, 0.6) is 0 Å². The number of hydrogen-bond donors (Lipinski definition) is 1. The van der Waals surface area contributed by atoms with E-state index in [0.717, 1.165) is 23.2 Å². The Labute approximate surface area is 84.4 Å². The van der Waals surface area contributed by atoms with E-state index < -0.39 is 10.0 Å². The summed E-state index contributed by atoms with van der Waals surface area (Å²) in [6.45, 7) is 4.07. The number of nitrogens with zero attached hydrogens (tertiary/aromatic N) is 1. The average molecular weight is 214 g/mol. The average Bonchev–Trinajstić information content (AvgIpc) is 2.00. The molecule has 0 aliphatic rings. The molecule has 0 atom stereocenters. The van der Waals surface area contributed by atoms with Gasteiger partial charge in [0, 0.05) is 17.9 Å². The molecule has 5 heteroatoms. The van der Waals surface area contributed by atoms with Crippen molar-refractivity contribution >= 4 is 10.0 Å². The van der Waals surface area contributed by atoms with E-state index >= 15 is 0 Å². The summed E-state index contributed by atoms with van der Waals surface area (Å²) in [5.74, 6) is 0. The van der Waals surface area contributed by atoms with Crippen LogP contribution >= 0.6 is 0 Å². The van der Waals surface area contributed by atoms with Crippen LogP contribution in [0.15, 0.2) is 12.1 Å².